The molecule has 9 nitrogen and oxygen atoms in total. The summed E-state index contributed by atoms with van der Waals surface area (Å²) in [5.41, 5.74) is 1.80. The predicted octanol–water partition coefficient (Wildman–Crippen LogP) is 2.53. The van der Waals surface area contributed by atoms with Crippen molar-refractivity contribution in [2.24, 2.45) is 0 Å². The molecule has 2 heterocycles. The van der Waals surface area contributed by atoms with Crippen LogP contribution in [0, 0.1) is 11.6 Å². The number of hydrogen-bond donors (Lipinski definition) is 3. The number of amides is 2. The van der Waals surface area contributed by atoms with Crippen molar-refractivity contribution in [3.8, 4) is 0 Å². The van der Waals surface area contributed by atoms with Gasteiger partial charge in [0.2, 0.25) is 0 Å². The minimum atomic E-state index is -0.952. The van der Waals surface area contributed by atoms with Crippen LogP contribution in [0.3, 0.4) is 0 Å². The molecule has 0 bridgehead atoms. The van der Waals surface area contributed by atoms with E-state index >= 15 is 0 Å². The van der Waals surface area contributed by atoms with Crippen LogP contribution in [0.25, 0.3) is 5.65 Å². The first-order chi connectivity index (χ1) is 17.7. The van der Waals surface area contributed by atoms with Crippen LogP contribution in [0.1, 0.15) is 61.0 Å². The third-order valence-corrected chi connectivity index (χ3v) is 6.25. The van der Waals surface area contributed by atoms with Gasteiger partial charge >= 0.3 is 0 Å². The number of benzene rings is 2. The molecule has 0 aliphatic heterocycles. The van der Waals surface area contributed by atoms with Gasteiger partial charge in [-0.2, -0.15) is 5.10 Å². The molecule has 0 spiro atoms. The topological polar surface area (TPSA) is 126 Å². The lowest BCUT2D eigenvalue weighted by Gasteiger charge is -2.18. The minimum Gasteiger partial charge on any atom is -0.390 e. The van der Waals surface area contributed by atoms with Crippen LogP contribution in [0.5, 0.6) is 0 Å². The second-order valence-electron chi connectivity index (χ2n) is 8.76. The van der Waals surface area contributed by atoms with E-state index in [1.54, 1.807) is 18.2 Å². The van der Waals surface area contributed by atoms with Crippen LogP contribution in [-0.2, 0) is 13.0 Å². The number of aliphatic hydroxyl groups is 1. The number of halogens is 2. The zero-order valence-electron chi connectivity index (χ0n) is 19.5. The molecule has 37 heavy (non-hydrogen) atoms. The number of hydrogen-bond acceptors (Lipinski definition) is 6. The molecule has 11 heteroatoms. The Hall–Kier alpha value is -4.51. The Morgan fingerprint density at radius 3 is 2.57 bits per heavy atom. The van der Waals surface area contributed by atoms with E-state index in [9.17, 15) is 28.3 Å². The Balaban J connectivity index is 1.42. The van der Waals surface area contributed by atoms with Crippen molar-refractivity contribution in [2.75, 3.05) is 0 Å². The first-order valence-electron chi connectivity index (χ1n) is 11.4. The number of Topliss-reactive ketones (excluding diaryl/α,β-unsaturated/α-hetero) is 1. The number of carbonyl (C=O) groups excluding carboxylic acids is 3. The second-order valence-corrected chi connectivity index (χ2v) is 8.76. The summed E-state index contributed by atoms with van der Waals surface area (Å²) in [6.45, 7) is 1.50. The van der Waals surface area contributed by atoms with E-state index in [-0.39, 0.29) is 35.8 Å². The van der Waals surface area contributed by atoms with Gasteiger partial charge in [0.15, 0.2) is 17.2 Å². The van der Waals surface area contributed by atoms with E-state index in [1.165, 1.54) is 37.3 Å². The molecule has 4 aromatic rings. The summed E-state index contributed by atoms with van der Waals surface area (Å²) in [4.78, 5) is 41.8. The monoisotopic (exact) mass is 505 g/mol. The highest BCUT2D eigenvalue weighted by Crippen LogP contribution is 2.32. The van der Waals surface area contributed by atoms with Gasteiger partial charge in [0.25, 0.3) is 11.8 Å². The van der Waals surface area contributed by atoms with Gasteiger partial charge in [-0.3, -0.25) is 14.4 Å². The van der Waals surface area contributed by atoms with Gasteiger partial charge in [0.1, 0.15) is 17.2 Å². The fraction of sp³-hybridized carbons (Fsp3) is 0.192. The molecule has 0 fully saturated rings. The molecule has 2 amide bonds. The summed E-state index contributed by atoms with van der Waals surface area (Å²) in [5.74, 6) is -2.75. The summed E-state index contributed by atoms with van der Waals surface area (Å²) in [5, 5.41) is 19.8. The van der Waals surface area contributed by atoms with Gasteiger partial charge in [0, 0.05) is 24.6 Å². The fourth-order valence-electron chi connectivity index (χ4n) is 4.33. The van der Waals surface area contributed by atoms with Crippen molar-refractivity contribution >= 4 is 23.2 Å². The Kier molecular flexibility index (Phi) is 6.22. The molecule has 0 unspecified atom stereocenters. The summed E-state index contributed by atoms with van der Waals surface area (Å²) in [6, 6.07) is 10.9. The molecule has 5 rings (SSSR count). The third-order valence-electron chi connectivity index (χ3n) is 6.25. The molecule has 1 aliphatic carbocycles. The van der Waals surface area contributed by atoms with E-state index in [0.29, 0.717) is 16.7 Å². The molecule has 2 aromatic carbocycles. The number of aliphatic hydroxyl groups excluding tert-OH is 1. The molecule has 3 N–H and O–H groups in total. The molecule has 0 radical (unpaired) electrons. The van der Waals surface area contributed by atoms with Crippen molar-refractivity contribution in [2.45, 2.75) is 32.0 Å². The van der Waals surface area contributed by atoms with E-state index in [0.717, 1.165) is 16.3 Å². The smallest absolute Gasteiger partial charge is 0.270 e. The molecule has 2 aromatic heterocycles. The lowest BCUT2D eigenvalue weighted by molar-refractivity contribution is 0.0850. The van der Waals surface area contributed by atoms with Crippen molar-refractivity contribution < 1.29 is 28.3 Å². The van der Waals surface area contributed by atoms with Gasteiger partial charge in [-0.25, -0.2) is 18.3 Å². The number of ketones is 1. The first kappa shape index (κ1) is 24.2. The number of fused-ring (bicyclic) bond motifs is 2. The van der Waals surface area contributed by atoms with E-state index in [2.05, 4.69) is 20.7 Å². The van der Waals surface area contributed by atoms with Crippen LogP contribution in [0.15, 0.2) is 54.7 Å². The molecule has 188 valence electrons. The van der Waals surface area contributed by atoms with Crippen molar-refractivity contribution in [1.29, 1.82) is 0 Å². The number of rotatable bonds is 6. The van der Waals surface area contributed by atoms with Gasteiger partial charge in [-0.1, -0.05) is 24.3 Å². The summed E-state index contributed by atoms with van der Waals surface area (Å²) < 4.78 is 28.5. The van der Waals surface area contributed by atoms with Crippen LogP contribution in [0.2, 0.25) is 0 Å². The normalized spacial score (nSPS) is 16.4. The van der Waals surface area contributed by atoms with E-state index in [1.807, 2.05) is 0 Å². The lowest BCUT2D eigenvalue weighted by Crippen LogP contribution is -2.35. The molecule has 1 aliphatic rings. The summed E-state index contributed by atoms with van der Waals surface area (Å²) >= 11 is 0. The summed E-state index contributed by atoms with van der Waals surface area (Å²) in [6.07, 6.45) is 0.162. The number of nitrogens with zero attached hydrogens (tertiary/aromatic N) is 3. The zero-order valence-corrected chi connectivity index (χ0v) is 19.5. The van der Waals surface area contributed by atoms with Crippen LogP contribution in [-0.4, -0.2) is 43.4 Å². The molecular formula is C26H21F2N5O4. The number of nitrogens with one attached hydrogen (secondary N) is 2. The highest BCUT2D eigenvalue weighted by molar-refractivity contribution is 5.98. The highest BCUT2D eigenvalue weighted by Gasteiger charge is 2.33. The van der Waals surface area contributed by atoms with E-state index < -0.39 is 35.6 Å². The van der Waals surface area contributed by atoms with Gasteiger partial charge in [-0.05, 0) is 41.8 Å². The standard InChI is InChI=1S/C26H21F2N5O4/c1-13(34)15-4-7-18-16(8-15)9-22(35)23(18)32-26(37)21-10-20(31-24-19(28)12-30-33(21)24)25(36)29-11-14-2-5-17(27)6-3-14/h2-8,10,12,22-23,35H,9,11H2,1H3,(H,29,36)(H,32,37)/t22-,23-/m1/s1. The van der Waals surface area contributed by atoms with E-state index in [4.69, 9.17) is 0 Å². The van der Waals surface area contributed by atoms with Crippen molar-refractivity contribution in [3.63, 3.8) is 0 Å². The Bertz CT molecular complexity index is 1550. The van der Waals surface area contributed by atoms with Gasteiger partial charge in [0.05, 0.1) is 18.3 Å². The molecule has 0 saturated carbocycles. The van der Waals surface area contributed by atoms with Crippen LogP contribution < -0.4 is 10.6 Å². The third kappa shape index (κ3) is 4.68. The van der Waals surface area contributed by atoms with Crippen LogP contribution in [0.4, 0.5) is 8.78 Å². The fourth-order valence-corrected chi connectivity index (χ4v) is 4.33. The average Bonchev–Trinajstić information content (AvgIpc) is 3.41. The van der Waals surface area contributed by atoms with Crippen molar-refractivity contribution in [3.05, 3.63) is 100 Å². The van der Waals surface area contributed by atoms with Gasteiger partial charge in [-0.15, -0.1) is 0 Å². The maximum absolute atomic E-state index is 14.4. The highest BCUT2D eigenvalue weighted by atomic mass is 19.1. The molecular weight excluding hydrogens is 484 g/mol. The largest absolute Gasteiger partial charge is 0.390 e. The van der Waals surface area contributed by atoms with Crippen LogP contribution >= 0.6 is 0 Å². The molecule has 2 atom stereocenters. The lowest BCUT2D eigenvalue weighted by atomic mass is 10.0. The quantitative estimate of drug-likeness (QED) is 0.346. The van der Waals surface area contributed by atoms with Gasteiger partial charge < -0.3 is 15.7 Å². The first-order valence-corrected chi connectivity index (χ1v) is 11.4. The number of carbonyl (C=O) groups is 3. The second kappa shape index (κ2) is 9.51. The maximum atomic E-state index is 14.4. The minimum absolute atomic E-state index is 0.0581. The SMILES string of the molecule is CC(=O)c1ccc2c(c1)C[C@@H](O)[C@@H]2NC(=O)c1cc(C(=O)NCc2ccc(F)cc2)nc2c(F)cnn12. The number of aromatic nitrogens is 3. The predicted molar refractivity (Wildman–Crippen MR) is 127 cm³/mol. The average molecular weight is 505 g/mol. The zero-order chi connectivity index (χ0) is 26.3. The van der Waals surface area contributed by atoms with Crippen molar-refractivity contribution in [1.82, 2.24) is 25.2 Å². The Morgan fingerprint density at radius 2 is 1.84 bits per heavy atom. The maximum Gasteiger partial charge on any atom is 0.270 e. The molecule has 0 saturated heterocycles. The summed E-state index contributed by atoms with van der Waals surface area (Å²) in [7, 11) is 0. The Labute approximate surface area is 209 Å². The Morgan fingerprint density at radius 1 is 1.08 bits per heavy atom.